The fourth-order valence-electron chi connectivity index (χ4n) is 2.59. The highest BCUT2D eigenvalue weighted by molar-refractivity contribution is 5.64. The summed E-state index contributed by atoms with van der Waals surface area (Å²) in [5, 5.41) is 3.34. The van der Waals surface area contributed by atoms with E-state index in [4.69, 9.17) is 0 Å². The minimum atomic E-state index is -0.806. The Kier molecular flexibility index (Phi) is 3.30. The Bertz CT molecular complexity index is 589. The summed E-state index contributed by atoms with van der Waals surface area (Å²) in [5.41, 5.74) is 2.90. The molecule has 1 atom stereocenters. The van der Waals surface area contributed by atoms with Crippen molar-refractivity contribution in [1.82, 2.24) is 5.32 Å². The van der Waals surface area contributed by atoms with Gasteiger partial charge in [0, 0.05) is 6.54 Å². The van der Waals surface area contributed by atoms with Gasteiger partial charge in [0.1, 0.15) is 0 Å². The molecule has 1 aliphatic rings. The first-order chi connectivity index (χ1) is 9.24. The maximum absolute atomic E-state index is 13.3. The van der Waals surface area contributed by atoms with Gasteiger partial charge in [0.15, 0.2) is 11.6 Å². The monoisotopic (exact) mass is 259 g/mol. The molecule has 3 rings (SSSR count). The van der Waals surface area contributed by atoms with Crippen LogP contribution in [0.25, 0.3) is 11.1 Å². The molecule has 0 radical (unpaired) electrons. The molecular formula is C16H15F2N. The predicted octanol–water partition coefficient (Wildman–Crippen LogP) is 3.71. The molecule has 0 aliphatic carbocycles. The molecule has 1 heterocycles. The first-order valence-electron chi connectivity index (χ1n) is 6.50. The van der Waals surface area contributed by atoms with Gasteiger partial charge < -0.3 is 5.32 Å². The van der Waals surface area contributed by atoms with Crippen molar-refractivity contribution in [2.45, 2.75) is 12.3 Å². The molecule has 1 saturated heterocycles. The van der Waals surface area contributed by atoms with Crippen LogP contribution in [0.5, 0.6) is 0 Å². The van der Waals surface area contributed by atoms with E-state index in [0.29, 0.717) is 11.5 Å². The molecule has 0 spiro atoms. The van der Waals surface area contributed by atoms with Crippen LogP contribution in [0.2, 0.25) is 0 Å². The summed E-state index contributed by atoms with van der Waals surface area (Å²) in [4.78, 5) is 0. The van der Waals surface area contributed by atoms with Crippen LogP contribution < -0.4 is 5.32 Å². The summed E-state index contributed by atoms with van der Waals surface area (Å²) in [6.45, 7) is 2.03. The molecular weight excluding hydrogens is 244 g/mol. The van der Waals surface area contributed by atoms with E-state index in [1.54, 1.807) is 6.07 Å². The zero-order chi connectivity index (χ0) is 13.2. The third kappa shape index (κ3) is 2.51. The van der Waals surface area contributed by atoms with E-state index in [0.717, 1.165) is 25.1 Å². The van der Waals surface area contributed by atoms with Crippen molar-refractivity contribution < 1.29 is 8.78 Å². The molecule has 1 nitrogen and oxygen atoms in total. The topological polar surface area (TPSA) is 12.0 Å². The molecule has 2 aromatic carbocycles. The Balaban J connectivity index is 1.95. The van der Waals surface area contributed by atoms with Crippen molar-refractivity contribution in [3.05, 3.63) is 59.7 Å². The van der Waals surface area contributed by atoms with E-state index in [1.165, 1.54) is 17.7 Å². The van der Waals surface area contributed by atoms with E-state index in [9.17, 15) is 8.78 Å². The van der Waals surface area contributed by atoms with Gasteiger partial charge in [-0.05, 0) is 47.7 Å². The Labute approximate surface area is 111 Å². The third-order valence-corrected chi connectivity index (χ3v) is 3.67. The largest absolute Gasteiger partial charge is 0.316 e. The Morgan fingerprint density at radius 3 is 2.53 bits per heavy atom. The number of hydrogen-bond donors (Lipinski definition) is 1. The van der Waals surface area contributed by atoms with E-state index in [-0.39, 0.29) is 0 Å². The number of rotatable bonds is 2. The molecule has 1 unspecified atom stereocenters. The molecule has 1 N–H and O–H groups in total. The molecule has 98 valence electrons. The molecule has 2 aromatic rings. The van der Waals surface area contributed by atoms with Gasteiger partial charge in [-0.1, -0.05) is 30.3 Å². The van der Waals surface area contributed by atoms with Gasteiger partial charge >= 0.3 is 0 Å². The SMILES string of the molecule is Fc1ccc(-c2cccc(C3CCNC3)c2)cc1F. The standard InChI is InChI=1S/C16H15F2N/c17-15-5-4-13(9-16(15)18)11-2-1-3-12(8-11)14-6-7-19-10-14/h1-5,8-9,14,19H,6-7,10H2. The van der Waals surface area contributed by atoms with Gasteiger partial charge in [-0.3, -0.25) is 0 Å². The van der Waals surface area contributed by atoms with E-state index >= 15 is 0 Å². The molecule has 1 fully saturated rings. The van der Waals surface area contributed by atoms with Gasteiger partial charge in [0.05, 0.1) is 0 Å². The average Bonchev–Trinajstić information content (AvgIpc) is 2.96. The molecule has 3 heteroatoms. The van der Waals surface area contributed by atoms with Crippen molar-refractivity contribution in [2.75, 3.05) is 13.1 Å². The van der Waals surface area contributed by atoms with Crippen LogP contribution in [0.4, 0.5) is 8.78 Å². The van der Waals surface area contributed by atoms with E-state index < -0.39 is 11.6 Å². The number of hydrogen-bond acceptors (Lipinski definition) is 1. The number of nitrogens with one attached hydrogen (secondary N) is 1. The summed E-state index contributed by atoms with van der Waals surface area (Å²) in [5.74, 6) is -1.09. The summed E-state index contributed by atoms with van der Waals surface area (Å²) >= 11 is 0. The zero-order valence-electron chi connectivity index (χ0n) is 10.5. The third-order valence-electron chi connectivity index (χ3n) is 3.67. The molecule has 0 aromatic heterocycles. The quantitative estimate of drug-likeness (QED) is 0.867. The van der Waals surface area contributed by atoms with Crippen LogP contribution in [0.15, 0.2) is 42.5 Å². The average molecular weight is 259 g/mol. The van der Waals surface area contributed by atoms with Crippen LogP contribution in [0.3, 0.4) is 0 Å². The molecule has 0 amide bonds. The lowest BCUT2D eigenvalue weighted by atomic mass is 9.94. The first-order valence-corrected chi connectivity index (χ1v) is 6.50. The van der Waals surface area contributed by atoms with Crippen molar-refractivity contribution >= 4 is 0 Å². The van der Waals surface area contributed by atoms with Crippen molar-refractivity contribution in [3.63, 3.8) is 0 Å². The summed E-state index contributed by atoms with van der Waals surface area (Å²) in [6.07, 6.45) is 1.13. The lowest BCUT2D eigenvalue weighted by molar-refractivity contribution is 0.509. The van der Waals surface area contributed by atoms with Crippen molar-refractivity contribution in [3.8, 4) is 11.1 Å². The molecule has 1 aliphatic heterocycles. The maximum Gasteiger partial charge on any atom is 0.159 e. The Morgan fingerprint density at radius 1 is 0.947 bits per heavy atom. The lowest BCUT2D eigenvalue weighted by Crippen LogP contribution is -2.07. The second-order valence-corrected chi connectivity index (χ2v) is 4.94. The van der Waals surface area contributed by atoms with Crippen molar-refractivity contribution in [2.24, 2.45) is 0 Å². The molecule has 0 saturated carbocycles. The molecule has 0 bridgehead atoms. The van der Waals surface area contributed by atoms with Crippen LogP contribution in [0, 0.1) is 11.6 Å². The highest BCUT2D eigenvalue weighted by atomic mass is 19.2. The van der Waals surface area contributed by atoms with Gasteiger partial charge in [-0.2, -0.15) is 0 Å². The van der Waals surface area contributed by atoms with Crippen LogP contribution in [-0.4, -0.2) is 13.1 Å². The first kappa shape index (κ1) is 12.3. The summed E-state index contributed by atoms with van der Waals surface area (Å²) in [6, 6.07) is 12.1. The van der Waals surface area contributed by atoms with E-state index in [2.05, 4.69) is 17.4 Å². The van der Waals surface area contributed by atoms with Gasteiger partial charge in [0.25, 0.3) is 0 Å². The minimum Gasteiger partial charge on any atom is -0.316 e. The molecule has 19 heavy (non-hydrogen) atoms. The second kappa shape index (κ2) is 5.10. The minimum absolute atomic E-state index is 0.519. The lowest BCUT2D eigenvalue weighted by Gasteiger charge is -2.11. The van der Waals surface area contributed by atoms with Crippen molar-refractivity contribution in [1.29, 1.82) is 0 Å². The summed E-state index contributed by atoms with van der Waals surface area (Å²) in [7, 11) is 0. The zero-order valence-corrected chi connectivity index (χ0v) is 10.5. The predicted molar refractivity (Wildman–Crippen MR) is 72.0 cm³/mol. The fourth-order valence-corrected chi connectivity index (χ4v) is 2.59. The fraction of sp³-hybridized carbons (Fsp3) is 0.250. The van der Waals surface area contributed by atoms with Crippen LogP contribution in [-0.2, 0) is 0 Å². The highest BCUT2D eigenvalue weighted by Crippen LogP contribution is 2.28. The van der Waals surface area contributed by atoms with E-state index in [1.807, 2.05) is 12.1 Å². The number of halogens is 2. The number of benzene rings is 2. The summed E-state index contributed by atoms with van der Waals surface area (Å²) < 4.78 is 26.2. The maximum atomic E-state index is 13.3. The van der Waals surface area contributed by atoms with Crippen LogP contribution >= 0.6 is 0 Å². The van der Waals surface area contributed by atoms with Gasteiger partial charge in [-0.25, -0.2) is 8.78 Å². The normalized spacial score (nSPS) is 18.7. The van der Waals surface area contributed by atoms with Gasteiger partial charge in [0.2, 0.25) is 0 Å². The van der Waals surface area contributed by atoms with Crippen LogP contribution in [0.1, 0.15) is 17.9 Å². The second-order valence-electron chi connectivity index (χ2n) is 4.94. The Hall–Kier alpha value is -1.74. The van der Waals surface area contributed by atoms with Gasteiger partial charge in [-0.15, -0.1) is 0 Å². The highest BCUT2D eigenvalue weighted by Gasteiger charge is 2.16. The Morgan fingerprint density at radius 2 is 1.79 bits per heavy atom. The smallest absolute Gasteiger partial charge is 0.159 e.